The van der Waals surface area contributed by atoms with Gasteiger partial charge < -0.3 is 15.4 Å². The number of hydrogen-bond acceptors (Lipinski definition) is 3. The molecule has 6 nitrogen and oxygen atoms in total. The Morgan fingerprint density at radius 3 is 2.76 bits per heavy atom. The van der Waals surface area contributed by atoms with Crippen LogP contribution in [-0.2, 0) is 6.54 Å². The van der Waals surface area contributed by atoms with Crippen LogP contribution in [0, 0.1) is 5.82 Å². The average molecular weight is 355 g/mol. The Balaban J connectivity index is 1.82. The van der Waals surface area contributed by atoms with E-state index in [0.717, 1.165) is 4.57 Å². The van der Waals surface area contributed by atoms with Gasteiger partial charge in [0, 0.05) is 19.4 Å². The first-order valence-corrected chi connectivity index (χ1v) is 7.66. The number of nitrogens with one attached hydrogen (secondary N) is 2. The minimum Gasteiger partial charge on any atom is -0.486 e. The smallest absolute Gasteiger partial charge is 0.319 e. The van der Waals surface area contributed by atoms with Gasteiger partial charge in [0.05, 0.1) is 13.1 Å². The second kappa shape index (κ2) is 8.95. The van der Waals surface area contributed by atoms with Crippen molar-refractivity contribution < 1.29 is 17.9 Å². The largest absolute Gasteiger partial charge is 0.486 e. The Bertz CT molecular complexity index is 705. The topological polar surface area (TPSA) is 63.5 Å². The number of ether oxygens (including phenoxy) is 1. The maximum Gasteiger partial charge on any atom is 0.319 e. The van der Waals surface area contributed by atoms with E-state index in [0.29, 0.717) is 12.5 Å². The van der Waals surface area contributed by atoms with Gasteiger partial charge in [0.2, 0.25) is 0 Å². The quantitative estimate of drug-likeness (QED) is 0.592. The second-order valence-electron chi connectivity index (χ2n) is 5.19. The van der Waals surface area contributed by atoms with Crippen LogP contribution in [-0.4, -0.2) is 35.2 Å². The summed E-state index contributed by atoms with van der Waals surface area (Å²) < 4.78 is 45.3. The number of benzene rings is 1. The summed E-state index contributed by atoms with van der Waals surface area (Å²) in [5.74, 6) is 0.316. The van der Waals surface area contributed by atoms with E-state index in [1.54, 1.807) is 32.2 Å². The van der Waals surface area contributed by atoms with Crippen molar-refractivity contribution in [1.29, 1.82) is 0 Å². The third-order valence-corrected chi connectivity index (χ3v) is 3.32. The van der Waals surface area contributed by atoms with Gasteiger partial charge in [-0.2, -0.15) is 8.78 Å². The van der Waals surface area contributed by atoms with Crippen molar-refractivity contribution in [2.24, 2.45) is 4.99 Å². The lowest BCUT2D eigenvalue weighted by atomic mass is 10.3. The molecule has 0 aliphatic heterocycles. The molecule has 136 valence electrons. The molecule has 1 aromatic heterocycles. The van der Waals surface area contributed by atoms with Crippen LogP contribution in [0.5, 0.6) is 5.75 Å². The summed E-state index contributed by atoms with van der Waals surface area (Å²) in [4.78, 5) is 7.87. The Morgan fingerprint density at radius 2 is 2.08 bits per heavy atom. The number of alkyl halides is 2. The zero-order valence-corrected chi connectivity index (χ0v) is 13.9. The molecule has 0 amide bonds. The fraction of sp³-hybridized carbons (Fsp3) is 0.375. The van der Waals surface area contributed by atoms with Crippen LogP contribution in [0.3, 0.4) is 0 Å². The fourth-order valence-corrected chi connectivity index (χ4v) is 2.08. The molecule has 2 rings (SSSR count). The number of aliphatic imine (C=N–C) groups is 1. The zero-order chi connectivity index (χ0) is 18.2. The Hall–Kier alpha value is -2.71. The third kappa shape index (κ3) is 5.40. The molecule has 2 aromatic rings. The lowest BCUT2D eigenvalue weighted by Crippen LogP contribution is -2.41. The predicted octanol–water partition coefficient (Wildman–Crippen LogP) is 2.55. The number of imidazole rings is 1. The van der Waals surface area contributed by atoms with Crippen LogP contribution in [0.1, 0.15) is 19.3 Å². The van der Waals surface area contributed by atoms with Gasteiger partial charge in [-0.05, 0) is 19.1 Å². The van der Waals surface area contributed by atoms with Crippen molar-refractivity contribution in [1.82, 2.24) is 20.2 Å². The number of rotatable bonds is 7. The molecule has 0 saturated heterocycles. The minimum atomic E-state index is -2.65. The zero-order valence-electron chi connectivity index (χ0n) is 13.9. The van der Waals surface area contributed by atoms with Gasteiger partial charge in [0.25, 0.3) is 0 Å². The lowest BCUT2D eigenvalue weighted by Gasteiger charge is -2.18. The average Bonchev–Trinajstić information content (AvgIpc) is 3.06. The van der Waals surface area contributed by atoms with Gasteiger partial charge in [-0.15, -0.1) is 0 Å². The van der Waals surface area contributed by atoms with Crippen LogP contribution >= 0.6 is 0 Å². The highest BCUT2D eigenvalue weighted by Crippen LogP contribution is 2.16. The molecule has 0 aliphatic carbocycles. The molecule has 1 heterocycles. The van der Waals surface area contributed by atoms with E-state index >= 15 is 0 Å². The van der Waals surface area contributed by atoms with Crippen LogP contribution in [0.2, 0.25) is 0 Å². The molecule has 25 heavy (non-hydrogen) atoms. The normalized spacial score (nSPS) is 13.0. The van der Waals surface area contributed by atoms with E-state index in [2.05, 4.69) is 20.6 Å². The molecular formula is C16H20F3N5O. The number of para-hydroxylation sites is 1. The highest BCUT2D eigenvalue weighted by atomic mass is 19.3. The first-order chi connectivity index (χ1) is 12.0. The molecule has 0 saturated carbocycles. The van der Waals surface area contributed by atoms with Crippen molar-refractivity contribution in [3.8, 4) is 5.75 Å². The van der Waals surface area contributed by atoms with Crippen molar-refractivity contribution in [2.45, 2.75) is 26.1 Å². The fourth-order valence-electron chi connectivity index (χ4n) is 2.08. The molecular weight excluding hydrogens is 335 g/mol. The Kier molecular flexibility index (Phi) is 6.67. The van der Waals surface area contributed by atoms with Crippen LogP contribution < -0.4 is 15.4 Å². The van der Waals surface area contributed by atoms with Crippen LogP contribution in [0.25, 0.3) is 0 Å². The highest BCUT2D eigenvalue weighted by molar-refractivity contribution is 5.79. The minimum absolute atomic E-state index is 0.0829. The summed E-state index contributed by atoms with van der Waals surface area (Å²) in [7, 11) is 1.55. The molecule has 2 N–H and O–H groups in total. The maximum atomic E-state index is 13.5. The second-order valence-corrected chi connectivity index (χ2v) is 5.19. The first-order valence-electron chi connectivity index (χ1n) is 7.66. The molecule has 0 aliphatic rings. The summed E-state index contributed by atoms with van der Waals surface area (Å²) in [6.07, 6.45) is 2.18. The van der Waals surface area contributed by atoms with Gasteiger partial charge in [0.1, 0.15) is 11.9 Å². The molecule has 1 atom stereocenters. The van der Waals surface area contributed by atoms with Gasteiger partial charge in [-0.3, -0.25) is 9.56 Å². The molecule has 1 aromatic carbocycles. The summed E-state index contributed by atoms with van der Waals surface area (Å²) in [5.41, 5.74) is 0. The maximum absolute atomic E-state index is 13.5. The van der Waals surface area contributed by atoms with E-state index in [1.165, 1.54) is 18.5 Å². The number of aromatic nitrogens is 2. The van der Waals surface area contributed by atoms with E-state index in [4.69, 9.17) is 4.74 Å². The first kappa shape index (κ1) is 18.6. The van der Waals surface area contributed by atoms with Crippen molar-refractivity contribution in [3.05, 3.63) is 48.3 Å². The van der Waals surface area contributed by atoms with Crippen molar-refractivity contribution >= 4 is 5.96 Å². The number of halogens is 3. The van der Waals surface area contributed by atoms with Gasteiger partial charge in [-0.25, -0.2) is 9.37 Å². The van der Waals surface area contributed by atoms with Crippen LogP contribution in [0.4, 0.5) is 13.2 Å². The van der Waals surface area contributed by atoms with E-state index in [9.17, 15) is 13.2 Å². The van der Waals surface area contributed by atoms with E-state index in [-0.39, 0.29) is 24.2 Å². The van der Waals surface area contributed by atoms with E-state index in [1.807, 2.05) is 0 Å². The van der Waals surface area contributed by atoms with Crippen molar-refractivity contribution in [3.63, 3.8) is 0 Å². The number of nitrogens with zero attached hydrogens (tertiary/aromatic N) is 3. The summed E-state index contributed by atoms with van der Waals surface area (Å²) in [6, 6.07) is 6.13. The predicted molar refractivity (Wildman–Crippen MR) is 88.2 cm³/mol. The lowest BCUT2D eigenvalue weighted by molar-refractivity contribution is 0.0668. The summed E-state index contributed by atoms with van der Waals surface area (Å²) in [6.45, 7) is -0.448. The van der Waals surface area contributed by atoms with Gasteiger partial charge >= 0.3 is 6.55 Å². The SMILES string of the molecule is CN=C(NCc1nccn1C(F)F)NCC(C)Oc1ccccc1F. The number of guanidine groups is 1. The molecule has 1 unspecified atom stereocenters. The number of hydrogen-bond donors (Lipinski definition) is 2. The third-order valence-electron chi connectivity index (χ3n) is 3.32. The Labute approximate surface area is 143 Å². The van der Waals surface area contributed by atoms with E-state index < -0.39 is 12.4 Å². The standard InChI is InChI=1S/C16H20F3N5O/c1-11(25-13-6-4-3-5-12(13)17)9-22-16(20-2)23-10-14-21-7-8-24(14)15(18)19/h3-8,11,15H,9-10H2,1-2H3,(H2,20,22,23). The van der Waals surface area contributed by atoms with Gasteiger partial charge in [-0.1, -0.05) is 12.1 Å². The monoisotopic (exact) mass is 355 g/mol. The molecule has 0 bridgehead atoms. The van der Waals surface area contributed by atoms with Crippen molar-refractivity contribution in [2.75, 3.05) is 13.6 Å². The summed E-state index contributed by atoms with van der Waals surface area (Å²) >= 11 is 0. The van der Waals surface area contributed by atoms with Crippen LogP contribution in [0.15, 0.2) is 41.7 Å². The Morgan fingerprint density at radius 1 is 1.32 bits per heavy atom. The summed E-state index contributed by atoms with van der Waals surface area (Å²) in [5, 5.41) is 5.88. The molecule has 0 radical (unpaired) electrons. The molecule has 0 fully saturated rings. The van der Waals surface area contributed by atoms with Gasteiger partial charge in [0.15, 0.2) is 17.5 Å². The highest BCUT2D eigenvalue weighted by Gasteiger charge is 2.12. The molecule has 0 spiro atoms. The molecule has 9 heteroatoms.